The number of hydrogen-bond acceptors (Lipinski definition) is 2. The lowest BCUT2D eigenvalue weighted by Gasteiger charge is -2.08. The van der Waals surface area contributed by atoms with Crippen molar-refractivity contribution in [2.24, 2.45) is 0 Å². The van der Waals surface area contributed by atoms with Crippen LogP contribution in [0.25, 0.3) is 0 Å². The fourth-order valence-electron chi connectivity index (χ4n) is 2.22. The van der Waals surface area contributed by atoms with Crippen molar-refractivity contribution in [1.29, 1.82) is 0 Å². The minimum Gasteiger partial charge on any atom is -0.322 e. The van der Waals surface area contributed by atoms with Gasteiger partial charge in [-0.1, -0.05) is 52.7 Å². The molecular formula is C20H15Cl2NOS. The third kappa shape index (κ3) is 4.79. The first-order valence-electron chi connectivity index (χ1n) is 7.62. The van der Waals surface area contributed by atoms with Crippen LogP contribution in [-0.4, -0.2) is 5.91 Å². The summed E-state index contributed by atoms with van der Waals surface area (Å²) >= 11 is 13.6. The van der Waals surface area contributed by atoms with Gasteiger partial charge in [0, 0.05) is 20.5 Å². The summed E-state index contributed by atoms with van der Waals surface area (Å²) < 4.78 is 0. The molecule has 0 unspecified atom stereocenters. The Labute approximate surface area is 161 Å². The van der Waals surface area contributed by atoms with Crippen LogP contribution in [0, 0.1) is 6.92 Å². The molecule has 0 aromatic heterocycles. The number of halogens is 2. The van der Waals surface area contributed by atoms with Crippen LogP contribution in [0.1, 0.15) is 15.9 Å². The van der Waals surface area contributed by atoms with Crippen LogP contribution in [0.2, 0.25) is 10.0 Å². The minimum atomic E-state index is -0.263. The lowest BCUT2D eigenvalue weighted by Crippen LogP contribution is -2.12. The van der Waals surface area contributed by atoms with Crippen LogP contribution in [0.15, 0.2) is 76.5 Å². The summed E-state index contributed by atoms with van der Waals surface area (Å²) in [5.41, 5.74) is 2.34. The van der Waals surface area contributed by atoms with E-state index in [0.29, 0.717) is 21.3 Å². The second-order valence-corrected chi connectivity index (χ2v) is 7.51. The largest absolute Gasteiger partial charge is 0.322 e. The molecule has 3 aromatic carbocycles. The van der Waals surface area contributed by atoms with Gasteiger partial charge in [-0.3, -0.25) is 4.79 Å². The van der Waals surface area contributed by atoms with E-state index in [-0.39, 0.29) is 5.91 Å². The number of anilines is 1. The molecule has 0 fully saturated rings. The summed E-state index contributed by atoms with van der Waals surface area (Å²) in [6.45, 7) is 2.07. The Morgan fingerprint density at radius 3 is 2.08 bits per heavy atom. The van der Waals surface area contributed by atoms with Gasteiger partial charge in [0.15, 0.2) is 0 Å². The van der Waals surface area contributed by atoms with Gasteiger partial charge in [-0.2, -0.15) is 0 Å². The average Bonchev–Trinajstić information content (AvgIpc) is 2.58. The molecule has 0 saturated carbocycles. The smallest absolute Gasteiger partial charge is 0.257 e. The zero-order valence-electron chi connectivity index (χ0n) is 13.4. The van der Waals surface area contributed by atoms with Gasteiger partial charge in [-0.25, -0.2) is 0 Å². The van der Waals surface area contributed by atoms with Gasteiger partial charge < -0.3 is 5.32 Å². The maximum absolute atomic E-state index is 12.3. The average molecular weight is 388 g/mol. The SMILES string of the molecule is Cc1ccc(Sc2ccc(NC(=O)c3ccc(Cl)cc3Cl)cc2)cc1. The van der Waals surface area contributed by atoms with Crippen LogP contribution >= 0.6 is 35.0 Å². The third-order valence-corrected chi connectivity index (χ3v) is 5.11. The number of carbonyl (C=O) groups excluding carboxylic acids is 1. The van der Waals surface area contributed by atoms with Gasteiger partial charge in [0.05, 0.1) is 10.6 Å². The van der Waals surface area contributed by atoms with Crippen LogP contribution < -0.4 is 5.32 Å². The number of amides is 1. The van der Waals surface area contributed by atoms with Crippen molar-refractivity contribution >= 4 is 46.6 Å². The Morgan fingerprint density at radius 1 is 0.880 bits per heavy atom. The number of carbonyl (C=O) groups is 1. The highest BCUT2D eigenvalue weighted by atomic mass is 35.5. The molecular weight excluding hydrogens is 373 g/mol. The van der Waals surface area contributed by atoms with E-state index in [1.807, 2.05) is 24.3 Å². The first-order chi connectivity index (χ1) is 12.0. The Bertz CT molecular complexity index is 893. The number of rotatable bonds is 4. The van der Waals surface area contributed by atoms with E-state index in [2.05, 4.69) is 36.5 Å². The molecule has 1 N–H and O–H groups in total. The van der Waals surface area contributed by atoms with Gasteiger partial charge in [-0.15, -0.1) is 0 Å². The van der Waals surface area contributed by atoms with Crippen molar-refractivity contribution in [1.82, 2.24) is 0 Å². The second-order valence-electron chi connectivity index (χ2n) is 5.52. The second kappa shape index (κ2) is 7.96. The fraction of sp³-hybridized carbons (Fsp3) is 0.0500. The first-order valence-corrected chi connectivity index (χ1v) is 9.19. The van der Waals surface area contributed by atoms with Crippen LogP contribution in [-0.2, 0) is 0 Å². The number of aryl methyl sites for hydroxylation is 1. The molecule has 0 bridgehead atoms. The molecule has 0 aliphatic rings. The van der Waals surface area contributed by atoms with Crippen molar-refractivity contribution in [3.05, 3.63) is 87.9 Å². The molecule has 0 radical (unpaired) electrons. The Balaban J connectivity index is 1.67. The summed E-state index contributed by atoms with van der Waals surface area (Å²) in [6, 6.07) is 20.9. The lowest BCUT2D eigenvalue weighted by molar-refractivity contribution is 0.102. The fourth-order valence-corrected chi connectivity index (χ4v) is 3.53. The predicted octanol–water partition coefficient (Wildman–Crippen LogP) is 6.71. The lowest BCUT2D eigenvalue weighted by atomic mass is 10.2. The van der Waals surface area contributed by atoms with Crippen LogP contribution in [0.4, 0.5) is 5.69 Å². The van der Waals surface area contributed by atoms with Crippen molar-refractivity contribution in [2.75, 3.05) is 5.32 Å². The molecule has 0 saturated heterocycles. The maximum Gasteiger partial charge on any atom is 0.257 e. The van der Waals surface area contributed by atoms with Crippen molar-refractivity contribution in [3.8, 4) is 0 Å². The standard InChI is InChI=1S/C20H15Cl2NOS/c1-13-2-7-16(8-3-13)25-17-9-5-15(6-10-17)23-20(24)18-11-4-14(21)12-19(18)22/h2-12H,1H3,(H,23,24). The zero-order chi connectivity index (χ0) is 17.8. The summed E-state index contributed by atoms with van der Waals surface area (Å²) in [7, 11) is 0. The Hall–Kier alpha value is -1.94. The topological polar surface area (TPSA) is 29.1 Å². The Morgan fingerprint density at radius 2 is 1.48 bits per heavy atom. The summed E-state index contributed by atoms with van der Waals surface area (Å²) in [5, 5.41) is 3.67. The predicted molar refractivity (Wildman–Crippen MR) is 106 cm³/mol. The molecule has 126 valence electrons. The van der Waals surface area contributed by atoms with E-state index in [1.165, 1.54) is 10.5 Å². The molecule has 3 rings (SSSR count). The maximum atomic E-state index is 12.3. The minimum absolute atomic E-state index is 0.263. The molecule has 0 aliphatic carbocycles. The van der Waals surface area contributed by atoms with Gasteiger partial charge in [0.1, 0.15) is 0 Å². The van der Waals surface area contributed by atoms with Crippen LogP contribution in [0.3, 0.4) is 0 Å². The van der Waals surface area contributed by atoms with Crippen LogP contribution in [0.5, 0.6) is 0 Å². The van der Waals surface area contributed by atoms with E-state index in [4.69, 9.17) is 23.2 Å². The van der Waals surface area contributed by atoms with Gasteiger partial charge >= 0.3 is 0 Å². The van der Waals surface area contributed by atoms with Crippen molar-refractivity contribution in [2.45, 2.75) is 16.7 Å². The molecule has 2 nitrogen and oxygen atoms in total. The molecule has 3 aromatic rings. The summed E-state index contributed by atoms with van der Waals surface area (Å²) in [6.07, 6.45) is 0. The van der Waals surface area contributed by atoms with E-state index in [9.17, 15) is 4.79 Å². The summed E-state index contributed by atoms with van der Waals surface area (Å²) in [5.74, 6) is -0.263. The molecule has 5 heteroatoms. The normalized spacial score (nSPS) is 10.5. The monoisotopic (exact) mass is 387 g/mol. The highest BCUT2D eigenvalue weighted by molar-refractivity contribution is 7.99. The van der Waals surface area contributed by atoms with Crippen molar-refractivity contribution in [3.63, 3.8) is 0 Å². The molecule has 0 atom stereocenters. The molecule has 0 aliphatic heterocycles. The van der Waals surface area contributed by atoms with Gasteiger partial charge in [-0.05, 0) is 61.5 Å². The molecule has 0 heterocycles. The van der Waals surface area contributed by atoms with E-state index >= 15 is 0 Å². The van der Waals surface area contributed by atoms with E-state index in [0.717, 1.165) is 4.90 Å². The van der Waals surface area contributed by atoms with E-state index in [1.54, 1.807) is 30.0 Å². The first kappa shape index (κ1) is 17.9. The third-order valence-electron chi connectivity index (χ3n) is 3.54. The van der Waals surface area contributed by atoms with Crippen molar-refractivity contribution < 1.29 is 4.79 Å². The number of benzene rings is 3. The highest BCUT2D eigenvalue weighted by Crippen LogP contribution is 2.29. The molecule has 25 heavy (non-hydrogen) atoms. The number of nitrogens with one attached hydrogen (secondary N) is 1. The highest BCUT2D eigenvalue weighted by Gasteiger charge is 2.11. The van der Waals surface area contributed by atoms with Gasteiger partial charge in [0.25, 0.3) is 5.91 Å². The molecule has 1 amide bonds. The van der Waals surface area contributed by atoms with E-state index < -0.39 is 0 Å². The van der Waals surface area contributed by atoms with Gasteiger partial charge in [0.2, 0.25) is 0 Å². The number of hydrogen-bond donors (Lipinski definition) is 1. The Kier molecular flexibility index (Phi) is 5.69. The zero-order valence-corrected chi connectivity index (χ0v) is 15.8. The quantitative estimate of drug-likeness (QED) is 0.538. The summed E-state index contributed by atoms with van der Waals surface area (Å²) in [4.78, 5) is 14.6. The molecule has 0 spiro atoms.